The highest BCUT2D eigenvalue weighted by Gasteiger charge is 2.13. The van der Waals surface area contributed by atoms with Crippen LogP contribution in [0.1, 0.15) is 5.56 Å². The van der Waals surface area contributed by atoms with Crippen molar-refractivity contribution in [1.29, 1.82) is 0 Å². The summed E-state index contributed by atoms with van der Waals surface area (Å²) in [6.07, 6.45) is 0. The molecule has 0 bridgehead atoms. The highest BCUT2D eigenvalue weighted by atomic mass is 79.9. The zero-order valence-corrected chi connectivity index (χ0v) is 11.8. The van der Waals surface area contributed by atoms with E-state index in [0.717, 1.165) is 10.0 Å². The quantitative estimate of drug-likeness (QED) is 0.772. The van der Waals surface area contributed by atoms with Gasteiger partial charge in [-0.15, -0.1) is 0 Å². The average Bonchev–Trinajstić information content (AvgIpc) is 2.33. The van der Waals surface area contributed by atoms with Crippen LogP contribution in [-0.4, -0.2) is 47.4 Å². The van der Waals surface area contributed by atoms with Gasteiger partial charge >= 0.3 is 6.03 Å². The highest BCUT2D eigenvalue weighted by Crippen LogP contribution is 2.20. The largest absolute Gasteiger partial charge is 0.395 e. The summed E-state index contributed by atoms with van der Waals surface area (Å²) in [5, 5.41) is 20.5. The smallest absolute Gasteiger partial charge is 0.322 e. The van der Waals surface area contributed by atoms with Crippen LogP contribution in [0.4, 0.5) is 10.5 Å². The Morgan fingerprint density at radius 2 is 1.94 bits per heavy atom. The number of hydrogen-bond acceptors (Lipinski definition) is 3. The van der Waals surface area contributed by atoms with E-state index in [1.54, 1.807) is 0 Å². The molecule has 6 heteroatoms. The fourth-order valence-corrected chi connectivity index (χ4v) is 1.84. The van der Waals surface area contributed by atoms with E-state index in [-0.39, 0.29) is 32.3 Å². The topological polar surface area (TPSA) is 72.8 Å². The molecule has 0 fully saturated rings. The third-order valence-electron chi connectivity index (χ3n) is 2.47. The second-order valence-electron chi connectivity index (χ2n) is 3.82. The van der Waals surface area contributed by atoms with Gasteiger partial charge in [-0.2, -0.15) is 0 Å². The number of aliphatic hydroxyl groups is 2. The van der Waals surface area contributed by atoms with Crippen molar-refractivity contribution in [2.75, 3.05) is 31.6 Å². The number of urea groups is 1. The molecular formula is C12H17BrN2O3. The van der Waals surface area contributed by atoms with Crippen molar-refractivity contribution in [2.24, 2.45) is 0 Å². The lowest BCUT2D eigenvalue weighted by atomic mass is 10.2. The molecule has 0 unspecified atom stereocenters. The van der Waals surface area contributed by atoms with Crippen molar-refractivity contribution in [1.82, 2.24) is 4.90 Å². The third kappa shape index (κ3) is 4.29. The number of aryl methyl sites for hydroxylation is 1. The molecule has 0 atom stereocenters. The Morgan fingerprint density at radius 1 is 1.33 bits per heavy atom. The normalized spacial score (nSPS) is 10.2. The zero-order valence-electron chi connectivity index (χ0n) is 10.2. The number of carbonyl (C=O) groups is 1. The lowest BCUT2D eigenvalue weighted by Gasteiger charge is -2.21. The Morgan fingerprint density at radius 3 is 2.50 bits per heavy atom. The summed E-state index contributed by atoms with van der Waals surface area (Å²) in [6, 6.07) is 5.26. The average molecular weight is 317 g/mol. The lowest BCUT2D eigenvalue weighted by molar-refractivity contribution is 0.167. The predicted octanol–water partition coefficient (Wildman–Crippen LogP) is 1.58. The molecule has 0 aliphatic heterocycles. The predicted molar refractivity (Wildman–Crippen MR) is 73.6 cm³/mol. The first-order valence-corrected chi connectivity index (χ1v) is 6.41. The van der Waals surface area contributed by atoms with Crippen LogP contribution in [0.3, 0.4) is 0 Å². The van der Waals surface area contributed by atoms with Crippen LogP contribution in [0.2, 0.25) is 0 Å². The second-order valence-corrected chi connectivity index (χ2v) is 4.74. The minimum absolute atomic E-state index is 0.134. The molecule has 0 aliphatic rings. The summed E-state index contributed by atoms with van der Waals surface area (Å²) in [5.41, 5.74) is 1.65. The van der Waals surface area contributed by atoms with E-state index in [4.69, 9.17) is 10.2 Å². The number of aliphatic hydroxyl groups excluding tert-OH is 2. The number of carbonyl (C=O) groups excluding carboxylic acids is 1. The van der Waals surface area contributed by atoms with E-state index in [1.807, 2.05) is 25.1 Å². The summed E-state index contributed by atoms with van der Waals surface area (Å²) in [5.74, 6) is 0. The fraction of sp³-hybridized carbons (Fsp3) is 0.417. The van der Waals surface area contributed by atoms with E-state index in [0.29, 0.717) is 5.69 Å². The third-order valence-corrected chi connectivity index (χ3v) is 2.96. The Kier molecular flexibility index (Phi) is 6.11. The van der Waals surface area contributed by atoms with Gasteiger partial charge in [0, 0.05) is 23.2 Å². The zero-order chi connectivity index (χ0) is 13.5. The molecule has 5 nitrogen and oxygen atoms in total. The van der Waals surface area contributed by atoms with Gasteiger partial charge < -0.3 is 20.4 Å². The van der Waals surface area contributed by atoms with Crippen LogP contribution in [-0.2, 0) is 0 Å². The summed E-state index contributed by atoms with van der Waals surface area (Å²) >= 11 is 3.34. The summed E-state index contributed by atoms with van der Waals surface area (Å²) in [4.78, 5) is 13.3. The molecule has 0 radical (unpaired) electrons. The molecule has 0 aromatic heterocycles. The van der Waals surface area contributed by atoms with E-state index in [1.165, 1.54) is 4.90 Å². The number of anilines is 1. The molecular weight excluding hydrogens is 300 g/mol. The molecule has 18 heavy (non-hydrogen) atoms. The van der Waals surface area contributed by atoms with E-state index in [9.17, 15) is 4.79 Å². The van der Waals surface area contributed by atoms with Crippen LogP contribution in [0.25, 0.3) is 0 Å². The van der Waals surface area contributed by atoms with Gasteiger partial charge in [0.1, 0.15) is 0 Å². The maximum absolute atomic E-state index is 11.9. The molecule has 1 aromatic carbocycles. The number of nitrogens with zero attached hydrogens (tertiary/aromatic N) is 1. The van der Waals surface area contributed by atoms with Crippen molar-refractivity contribution in [3.05, 3.63) is 28.2 Å². The van der Waals surface area contributed by atoms with Gasteiger partial charge in [0.25, 0.3) is 0 Å². The number of halogens is 1. The number of amides is 2. The van der Waals surface area contributed by atoms with Crippen LogP contribution in [0.15, 0.2) is 22.7 Å². The van der Waals surface area contributed by atoms with Crippen LogP contribution < -0.4 is 5.32 Å². The molecule has 0 spiro atoms. The van der Waals surface area contributed by atoms with Crippen molar-refractivity contribution in [3.63, 3.8) is 0 Å². The van der Waals surface area contributed by atoms with Crippen LogP contribution in [0.5, 0.6) is 0 Å². The first-order valence-electron chi connectivity index (χ1n) is 5.62. The summed E-state index contributed by atoms with van der Waals surface area (Å²) in [7, 11) is 0. The molecule has 2 amide bonds. The van der Waals surface area contributed by atoms with Gasteiger partial charge in [-0.3, -0.25) is 0 Å². The highest BCUT2D eigenvalue weighted by molar-refractivity contribution is 9.10. The van der Waals surface area contributed by atoms with Gasteiger partial charge in [0.05, 0.1) is 13.2 Å². The van der Waals surface area contributed by atoms with Gasteiger partial charge in [-0.25, -0.2) is 4.79 Å². The number of benzene rings is 1. The minimum Gasteiger partial charge on any atom is -0.395 e. The number of hydrogen-bond donors (Lipinski definition) is 3. The van der Waals surface area contributed by atoms with Crippen LogP contribution in [0, 0.1) is 6.92 Å². The second kappa shape index (κ2) is 7.35. The van der Waals surface area contributed by atoms with Crippen molar-refractivity contribution >= 4 is 27.6 Å². The van der Waals surface area contributed by atoms with Gasteiger partial charge in [-0.05, 0) is 24.6 Å². The Hall–Kier alpha value is -1.11. The fourth-order valence-electron chi connectivity index (χ4n) is 1.48. The molecule has 0 saturated carbocycles. The molecule has 0 aliphatic carbocycles. The Balaban J connectivity index is 2.75. The van der Waals surface area contributed by atoms with Crippen molar-refractivity contribution < 1.29 is 15.0 Å². The maximum Gasteiger partial charge on any atom is 0.322 e. The van der Waals surface area contributed by atoms with E-state index >= 15 is 0 Å². The van der Waals surface area contributed by atoms with Crippen molar-refractivity contribution in [2.45, 2.75) is 6.92 Å². The molecule has 0 heterocycles. The maximum atomic E-state index is 11.9. The molecule has 1 rings (SSSR count). The summed E-state index contributed by atoms with van der Waals surface area (Å²) < 4.78 is 0.874. The van der Waals surface area contributed by atoms with Crippen molar-refractivity contribution in [3.8, 4) is 0 Å². The number of nitrogens with one attached hydrogen (secondary N) is 1. The SMILES string of the molecule is Cc1ccc(Br)cc1NC(=O)N(CCO)CCO. The first kappa shape index (κ1) is 14.9. The molecule has 0 saturated heterocycles. The van der Waals surface area contributed by atoms with E-state index in [2.05, 4.69) is 21.2 Å². The first-order chi connectivity index (χ1) is 8.58. The monoisotopic (exact) mass is 316 g/mol. The summed E-state index contributed by atoms with van der Waals surface area (Å²) in [6.45, 7) is 2.01. The lowest BCUT2D eigenvalue weighted by Crippen LogP contribution is -2.39. The minimum atomic E-state index is -0.334. The number of rotatable bonds is 5. The van der Waals surface area contributed by atoms with Gasteiger partial charge in [0.2, 0.25) is 0 Å². The van der Waals surface area contributed by atoms with Crippen LogP contribution >= 0.6 is 15.9 Å². The van der Waals surface area contributed by atoms with E-state index < -0.39 is 0 Å². The van der Waals surface area contributed by atoms with Gasteiger partial charge in [-0.1, -0.05) is 22.0 Å². The molecule has 1 aromatic rings. The molecule has 100 valence electrons. The standard InChI is InChI=1S/C12H17BrN2O3/c1-9-2-3-10(13)8-11(9)14-12(18)15(4-6-16)5-7-17/h2-3,8,16-17H,4-7H2,1H3,(H,14,18). The van der Waals surface area contributed by atoms with Gasteiger partial charge in [0.15, 0.2) is 0 Å². The molecule has 3 N–H and O–H groups in total. The Labute approximate surface area is 115 Å². The Bertz CT molecular complexity index is 406.